The number of rotatable bonds is 7. The van der Waals surface area contributed by atoms with E-state index in [4.69, 9.17) is 4.74 Å². The van der Waals surface area contributed by atoms with E-state index in [2.05, 4.69) is 9.90 Å². The molecule has 4 rings (SSSR count). The van der Waals surface area contributed by atoms with E-state index in [-0.39, 0.29) is 23.5 Å². The standard InChI is InChI=1S/C21H19N3O5S2/c1-24-16-7-8-17(29-2)18(19(16)15-9-12-30-20(15)21(24)25)13-3-5-14(6-4-13)31(27,28)23-11-10-22-26/h3-9,12,23H,10-11H2,1-2H3. The summed E-state index contributed by atoms with van der Waals surface area (Å²) in [6.07, 6.45) is 0. The van der Waals surface area contributed by atoms with Crippen LogP contribution in [-0.4, -0.2) is 33.2 Å². The molecule has 2 aromatic carbocycles. The summed E-state index contributed by atoms with van der Waals surface area (Å²) in [5.41, 5.74) is 2.22. The van der Waals surface area contributed by atoms with E-state index in [1.54, 1.807) is 36.9 Å². The van der Waals surface area contributed by atoms with Gasteiger partial charge < -0.3 is 9.30 Å². The zero-order valence-electron chi connectivity index (χ0n) is 16.8. The molecular formula is C21H19N3O5S2. The number of hydrogen-bond donors (Lipinski definition) is 1. The summed E-state index contributed by atoms with van der Waals surface area (Å²) in [6, 6.07) is 12.0. The van der Waals surface area contributed by atoms with Gasteiger partial charge in [0.1, 0.15) is 10.4 Å². The number of nitroso groups, excluding NO2 is 1. The number of fused-ring (bicyclic) bond motifs is 3. The number of ether oxygens (including phenoxy) is 1. The highest BCUT2D eigenvalue weighted by Crippen LogP contribution is 2.40. The summed E-state index contributed by atoms with van der Waals surface area (Å²) in [5, 5.41) is 6.23. The monoisotopic (exact) mass is 457 g/mol. The van der Waals surface area contributed by atoms with E-state index in [1.807, 2.05) is 17.5 Å². The summed E-state index contributed by atoms with van der Waals surface area (Å²) in [4.78, 5) is 23.0. The fourth-order valence-electron chi connectivity index (χ4n) is 3.62. The number of methoxy groups -OCH3 is 1. The molecule has 0 spiro atoms. The van der Waals surface area contributed by atoms with Gasteiger partial charge in [0.25, 0.3) is 5.56 Å². The lowest BCUT2D eigenvalue weighted by Gasteiger charge is -2.16. The minimum Gasteiger partial charge on any atom is -0.496 e. The van der Waals surface area contributed by atoms with E-state index in [9.17, 15) is 18.1 Å². The summed E-state index contributed by atoms with van der Waals surface area (Å²) < 4.78 is 35.0. The van der Waals surface area contributed by atoms with Gasteiger partial charge in [-0.3, -0.25) is 4.79 Å². The minimum atomic E-state index is -3.75. The van der Waals surface area contributed by atoms with Crippen LogP contribution < -0.4 is 15.0 Å². The maximum atomic E-state index is 12.7. The van der Waals surface area contributed by atoms with Crippen molar-refractivity contribution in [1.29, 1.82) is 0 Å². The molecule has 31 heavy (non-hydrogen) atoms. The van der Waals surface area contributed by atoms with E-state index < -0.39 is 10.0 Å². The van der Waals surface area contributed by atoms with Crippen LogP contribution in [-0.2, 0) is 17.1 Å². The van der Waals surface area contributed by atoms with Crippen LogP contribution in [0.5, 0.6) is 5.75 Å². The number of hydrogen-bond acceptors (Lipinski definition) is 7. The highest BCUT2D eigenvalue weighted by Gasteiger charge is 2.19. The number of thiophene rings is 1. The van der Waals surface area contributed by atoms with Crippen molar-refractivity contribution >= 4 is 42.3 Å². The molecule has 8 nitrogen and oxygen atoms in total. The Morgan fingerprint density at radius 2 is 1.87 bits per heavy atom. The molecule has 0 fully saturated rings. The average Bonchev–Trinajstić information content (AvgIpc) is 3.27. The third-order valence-electron chi connectivity index (χ3n) is 5.11. The fraction of sp³-hybridized carbons (Fsp3) is 0.190. The normalized spacial score (nSPS) is 11.8. The third kappa shape index (κ3) is 3.62. The van der Waals surface area contributed by atoms with Gasteiger partial charge in [0.2, 0.25) is 10.0 Å². The average molecular weight is 458 g/mol. The Hall–Kier alpha value is -3.08. The van der Waals surface area contributed by atoms with Crippen LogP contribution in [0.4, 0.5) is 0 Å². The highest BCUT2D eigenvalue weighted by atomic mass is 32.2. The molecule has 0 atom stereocenters. The van der Waals surface area contributed by atoms with Gasteiger partial charge in [-0.15, -0.1) is 11.3 Å². The maximum Gasteiger partial charge on any atom is 0.268 e. The number of aromatic nitrogens is 1. The van der Waals surface area contributed by atoms with Crippen LogP contribution in [0, 0.1) is 4.91 Å². The summed E-state index contributed by atoms with van der Waals surface area (Å²) in [6.45, 7) is -0.200. The largest absolute Gasteiger partial charge is 0.496 e. The first-order chi connectivity index (χ1) is 14.9. The number of aryl methyl sites for hydroxylation is 1. The summed E-state index contributed by atoms with van der Waals surface area (Å²) in [5.74, 6) is 0.615. The van der Waals surface area contributed by atoms with Gasteiger partial charge in [-0.25, -0.2) is 13.1 Å². The van der Waals surface area contributed by atoms with E-state index >= 15 is 0 Å². The Morgan fingerprint density at radius 3 is 2.55 bits per heavy atom. The van der Waals surface area contributed by atoms with Gasteiger partial charge >= 0.3 is 0 Å². The van der Waals surface area contributed by atoms with Crippen LogP contribution >= 0.6 is 11.3 Å². The number of pyridine rings is 1. The van der Waals surface area contributed by atoms with Crippen molar-refractivity contribution in [2.75, 3.05) is 20.2 Å². The molecular weight excluding hydrogens is 438 g/mol. The van der Waals surface area contributed by atoms with Crippen LogP contribution in [0.3, 0.4) is 0 Å². The SMILES string of the molecule is COc1ccc2c(c1-c1ccc(S(=O)(=O)NCCN=O)cc1)c1ccsc1c(=O)n2C. The highest BCUT2D eigenvalue weighted by molar-refractivity contribution is 7.89. The van der Waals surface area contributed by atoms with E-state index in [1.165, 1.54) is 23.5 Å². The zero-order valence-corrected chi connectivity index (χ0v) is 18.4. The topological polar surface area (TPSA) is 107 Å². The summed E-state index contributed by atoms with van der Waals surface area (Å²) >= 11 is 1.38. The Kier molecular flexibility index (Phi) is 5.61. The van der Waals surface area contributed by atoms with Crippen molar-refractivity contribution in [2.45, 2.75) is 4.90 Å². The molecule has 0 unspecified atom stereocenters. The second-order valence-corrected chi connectivity index (χ2v) is 9.52. The Morgan fingerprint density at radius 1 is 1.13 bits per heavy atom. The molecule has 0 aliphatic rings. The molecule has 2 aromatic heterocycles. The number of nitrogens with one attached hydrogen (secondary N) is 1. The van der Waals surface area contributed by atoms with Gasteiger partial charge in [-0.05, 0) is 41.3 Å². The molecule has 1 N–H and O–H groups in total. The Labute approximate surface area is 182 Å². The molecule has 0 aliphatic heterocycles. The van der Waals surface area contributed by atoms with Crippen LogP contribution in [0.15, 0.2) is 62.7 Å². The minimum absolute atomic E-state index is 0.0606. The van der Waals surface area contributed by atoms with Crippen molar-refractivity contribution in [3.63, 3.8) is 0 Å². The maximum absolute atomic E-state index is 12.7. The molecule has 0 aliphatic carbocycles. The molecule has 160 valence electrons. The first-order valence-electron chi connectivity index (χ1n) is 9.35. The smallest absolute Gasteiger partial charge is 0.268 e. The lowest BCUT2D eigenvalue weighted by Crippen LogP contribution is -2.26. The van der Waals surface area contributed by atoms with Crippen LogP contribution in [0.2, 0.25) is 0 Å². The van der Waals surface area contributed by atoms with Gasteiger partial charge in [0, 0.05) is 29.9 Å². The van der Waals surface area contributed by atoms with E-state index in [0.717, 1.165) is 27.4 Å². The fourth-order valence-corrected chi connectivity index (χ4v) is 5.52. The number of sulfonamides is 1. The predicted octanol–water partition coefficient (Wildman–Crippen LogP) is 3.47. The molecule has 0 radical (unpaired) electrons. The number of benzene rings is 2. The van der Waals surface area contributed by atoms with Crippen LogP contribution in [0.1, 0.15) is 0 Å². The van der Waals surface area contributed by atoms with Gasteiger partial charge in [-0.1, -0.05) is 17.3 Å². The van der Waals surface area contributed by atoms with Crippen molar-refractivity contribution in [1.82, 2.24) is 9.29 Å². The molecule has 10 heteroatoms. The van der Waals surface area contributed by atoms with Gasteiger partial charge in [-0.2, -0.15) is 4.91 Å². The Balaban J connectivity index is 1.92. The Bertz CT molecular complexity index is 1450. The van der Waals surface area contributed by atoms with Crippen molar-refractivity contribution in [3.05, 3.63) is 63.1 Å². The molecule has 0 bridgehead atoms. The first kappa shape index (κ1) is 21.2. The third-order valence-corrected chi connectivity index (χ3v) is 7.49. The first-order valence-corrected chi connectivity index (χ1v) is 11.7. The predicted molar refractivity (Wildman–Crippen MR) is 122 cm³/mol. The second kappa shape index (κ2) is 8.22. The second-order valence-electron chi connectivity index (χ2n) is 6.84. The molecule has 0 amide bonds. The number of nitrogens with zero attached hydrogens (tertiary/aromatic N) is 2. The van der Waals surface area contributed by atoms with Crippen molar-refractivity contribution in [3.8, 4) is 16.9 Å². The summed E-state index contributed by atoms with van der Waals surface area (Å²) in [7, 11) is -0.449. The van der Waals surface area contributed by atoms with Gasteiger partial charge in [0.05, 0.1) is 24.1 Å². The van der Waals surface area contributed by atoms with Crippen molar-refractivity contribution in [2.24, 2.45) is 12.2 Å². The lowest BCUT2D eigenvalue weighted by atomic mass is 9.97. The molecule has 0 saturated heterocycles. The van der Waals surface area contributed by atoms with Crippen LogP contribution in [0.25, 0.3) is 32.1 Å². The van der Waals surface area contributed by atoms with Crippen molar-refractivity contribution < 1.29 is 13.2 Å². The quantitative estimate of drug-likeness (QED) is 0.338. The lowest BCUT2D eigenvalue weighted by molar-refractivity contribution is 0.417. The molecule has 4 aromatic rings. The van der Waals surface area contributed by atoms with Gasteiger partial charge in [0.15, 0.2) is 0 Å². The zero-order chi connectivity index (χ0) is 22.2. The molecule has 0 saturated carbocycles. The molecule has 2 heterocycles. The van der Waals surface area contributed by atoms with E-state index in [0.29, 0.717) is 10.4 Å².